The molecule has 2 aromatic carbocycles. The van der Waals surface area contributed by atoms with Crippen LogP contribution < -0.4 is 0 Å². The summed E-state index contributed by atoms with van der Waals surface area (Å²) in [6.07, 6.45) is 5.44. The predicted molar refractivity (Wildman–Crippen MR) is 127 cm³/mol. The summed E-state index contributed by atoms with van der Waals surface area (Å²) in [6, 6.07) is 21.4. The van der Waals surface area contributed by atoms with Crippen molar-refractivity contribution in [2.24, 2.45) is 5.92 Å². The molecule has 0 spiro atoms. The van der Waals surface area contributed by atoms with Crippen LogP contribution in [-0.4, -0.2) is 66.4 Å². The molecule has 2 aliphatic rings. The lowest BCUT2D eigenvalue weighted by atomic mass is 9.93. The van der Waals surface area contributed by atoms with Crippen molar-refractivity contribution in [2.45, 2.75) is 38.6 Å². The zero-order valence-corrected chi connectivity index (χ0v) is 18.8. The van der Waals surface area contributed by atoms with E-state index in [0.717, 1.165) is 65.1 Å². The van der Waals surface area contributed by atoms with Gasteiger partial charge < -0.3 is 9.80 Å². The molecule has 2 aromatic rings. The highest BCUT2D eigenvalue weighted by Gasteiger charge is 2.24. The molecule has 2 heterocycles. The number of hydrogen-bond acceptors (Lipinski definition) is 3. The smallest absolute Gasteiger partial charge is 0.222 e. The van der Waals surface area contributed by atoms with Crippen molar-refractivity contribution < 1.29 is 4.79 Å². The first-order chi connectivity index (χ1) is 15.3. The SMILES string of the molecule is O=C(CC[C@@H]1CCCN(CCc2ccccc2)C1)N1CCN(Cc2ccccc2)CC1. The maximum atomic E-state index is 12.8. The summed E-state index contributed by atoms with van der Waals surface area (Å²) < 4.78 is 0. The molecule has 0 unspecified atom stereocenters. The summed E-state index contributed by atoms with van der Waals surface area (Å²) in [5.41, 5.74) is 2.78. The van der Waals surface area contributed by atoms with Gasteiger partial charge in [0.25, 0.3) is 0 Å². The molecule has 2 fully saturated rings. The van der Waals surface area contributed by atoms with Crippen LogP contribution in [-0.2, 0) is 17.8 Å². The van der Waals surface area contributed by atoms with Gasteiger partial charge in [0.1, 0.15) is 0 Å². The van der Waals surface area contributed by atoms with Gasteiger partial charge in [0.05, 0.1) is 0 Å². The number of amides is 1. The minimum Gasteiger partial charge on any atom is -0.340 e. The van der Waals surface area contributed by atoms with Gasteiger partial charge in [-0.2, -0.15) is 0 Å². The molecule has 0 aliphatic carbocycles. The van der Waals surface area contributed by atoms with E-state index >= 15 is 0 Å². The van der Waals surface area contributed by atoms with Crippen molar-refractivity contribution in [3.8, 4) is 0 Å². The number of likely N-dealkylation sites (tertiary alicyclic amines) is 1. The van der Waals surface area contributed by atoms with E-state index < -0.39 is 0 Å². The van der Waals surface area contributed by atoms with E-state index in [0.29, 0.717) is 11.8 Å². The average Bonchev–Trinajstić information content (AvgIpc) is 2.83. The van der Waals surface area contributed by atoms with Gasteiger partial charge in [-0.05, 0) is 49.3 Å². The van der Waals surface area contributed by atoms with Crippen LogP contribution in [0.15, 0.2) is 60.7 Å². The third kappa shape index (κ3) is 6.91. The van der Waals surface area contributed by atoms with Crippen LogP contribution in [0.5, 0.6) is 0 Å². The number of piperidine rings is 1. The summed E-state index contributed by atoms with van der Waals surface area (Å²) >= 11 is 0. The van der Waals surface area contributed by atoms with E-state index in [-0.39, 0.29) is 0 Å². The average molecular weight is 420 g/mol. The fourth-order valence-electron chi connectivity index (χ4n) is 5.00. The number of hydrogen-bond donors (Lipinski definition) is 0. The molecule has 0 N–H and O–H groups in total. The van der Waals surface area contributed by atoms with Crippen molar-refractivity contribution in [2.75, 3.05) is 45.8 Å². The van der Waals surface area contributed by atoms with Crippen molar-refractivity contribution in [1.29, 1.82) is 0 Å². The van der Waals surface area contributed by atoms with E-state index in [1.807, 2.05) is 0 Å². The fraction of sp³-hybridized carbons (Fsp3) is 0.519. The molecule has 4 heteroatoms. The molecular weight excluding hydrogens is 382 g/mol. The molecule has 2 saturated heterocycles. The summed E-state index contributed by atoms with van der Waals surface area (Å²) in [6.45, 7) is 8.21. The Bertz CT molecular complexity index is 787. The van der Waals surface area contributed by atoms with Crippen LogP contribution in [0.25, 0.3) is 0 Å². The van der Waals surface area contributed by atoms with Gasteiger partial charge in [0.15, 0.2) is 0 Å². The first-order valence-electron chi connectivity index (χ1n) is 12.1. The molecule has 4 nitrogen and oxygen atoms in total. The largest absolute Gasteiger partial charge is 0.340 e. The lowest BCUT2D eigenvalue weighted by Crippen LogP contribution is -2.48. The van der Waals surface area contributed by atoms with E-state index in [1.165, 1.54) is 30.5 Å². The Morgan fingerprint density at radius 3 is 2.19 bits per heavy atom. The van der Waals surface area contributed by atoms with Crippen molar-refractivity contribution in [3.05, 3.63) is 71.8 Å². The number of carbonyl (C=O) groups excluding carboxylic acids is 1. The van der Waals surface area contributed by atoms with Crippen LogP contribution >= 0.6 is 0 Å². The maximum Gasteiger partial charge on any atom is 0.222 e. The molecule has 0 radical (unpaired) electrons. The molecule has 31 heavy (non-hydrogen) atoms. The van der Waals surface area contributed by atoms with Crippen molar-refractivity contribution in [3.63, 3.8) is 0 Å². The monoisotopic (exact) mass is 419 g/mol. The van der Waals surface area contributed by atoms with Crippen LogP contribution in [0.2, 0.25) is 0 Å². The maximum absolute atomic E-state index is 12.8. The lowest BCUT2D eigenvalue weighted by molar-refractivity contribution is -0.133. The quantitative estimate of drug-likeness (QED) is 0.645. The second-order valence-corrected chi connectivity index (χ2v) is 9.23. The molecule has 4 rings (SSSR count). The van der Waals surface area contributed by atoms with Crippen LogP contribution in [0.4, 0.5) is 0 Å². The zero-order valence-electron chi connectivity index (χ0n) is 18.8. The minimum absolute atomic E-state index is 0.362. The van der Waals surface area contributed by atoms with Gasteiger partial charge in [0.2, 0.25) is 5.91 Å². The van der Waals surface area contributed by atoms with Crippen molar-refractivity contribution in [1.82, 2.24) is 14.7 Å². The molecule has 0 aromatic heterocycles. The lowest BCUT2D eigenvalue weighted by Gasteiger charge is -2.36. The molecule has 0 bridgehead atoms. The Labute approximate surface area is 187 Å². The summed E-state index contributed by atoms with van der Waals surface area (Å²) in [7, 11) is 0. The first kappa shape index (κ1) is 22.0. The second-order valence-electron chi connectivity index (χ2n) is 9.23. The van der Waals surface area contributed by atoms with Gasteiger partial charge in [0, 0.05) is 52.2 Å². The van der Waals surface area contributed by atoms with Crippen molar-refractivity contribution >= 4 is 5.91 Å². The topological polar surface area (TPSA) is 26.8 Å². The highest BCUT2D eigenvalue weighted by Crippen LogP contribution is 2.22. The third-order valence-corrected chi connectivity index (χ3v) is 6.90. The first-order valence-corrected chi connectivity index (χ1v) is 12.1. The Kier molecular flexibility index (Phi) is 8.14. The number of benzene rings is 2. The second kappa shape index (κ2) is 11.4. The Morgan fingerprint density at radius 1 is 0.806 bits per heavy atom. The van der Waals surface area contributed by atoms with E-state index in [9.17, 15) is 4.79 Å². The van der Waals surface area contributed by atoms with Gasteiger partial charge in [-0.1, -0.05) is 60.7 Å². The Balaban J connectivity index is 1.14. The summed E-state index contributed by atoms with van der Waals surface area (Å²) in [4.78, 5) is 20.0. The van der Waals surface area contributed by atoms with Gasteiger partial charge >= 0.3 is 0 Å². The minimum atomic E-state index is 0.362. The molecule has 2 aliphatic heterocycles. The molecule has 0 saturated carbocycles. The molecule has 1 amide bonds. The van der Waals surface area contributed by atoms with Crippen LogP contribution in [0.1, 0.15) is 36.8 Å². The van der Waals surface area contributed by atoms with Crippen LogP contribution in [0, 0.1) is 5.92 Å². The number of piperazine rings is 1. The van der Waals surface area contributed by atoms with Gasteiger partial charge in [-0.3, -0.25) is 9.69 Å². The highest BCUT2D eigenvalue weighted by molar-refractivity contribution is 5.76. The number of carbonyl (C=O) groups is 1. The Hall–Kier alpha value is -2.17. The molecule has 1 atom stereocenters. The Morgan fingerprint density at radius 2 is 1.48 bits per heavy atom. The molecule has 166 valence electrons. The summed E-state index contributed by atoms with van der Waals surface area (Å²) in [5, 5.41) is 0. The normalized spacial score (nSPS) is 20.6. The van der Waals surface area contributed by atoms with E-state index in [1.54, 1.807) is 0 Å². The third-order valence-electron chi connectivity index (χ3n) is 6.90. The van der Waals surface area contributed by atoms with E-state index in [4.69, 9.17) is 0 Å². The highest BCUT2D eigenvalue weighted by atomic mass is 16.2. The predicted octanol–water partition coefficient (Wildman–Crippen LogP) is 4.07. The van der Waals surface area contributed by atoms with E-state index in [2.05, 4.69) is 75.4 Å². The molecular formula is C27H37N3O. The number of rotatable bonds is 8. The number of nitrogens with zero attached hydrogens (tertiary/aromatic N) is 3. The van der Waals surface area contributed by atoms with Gasteiger partial charge in [-0.25, -0.2) is 0 Å². The fourth-order valence-corrected chi connectivity index (χ4v) is 5.00. The summed E-state index contributed by atoms with van der Waals surface area (Å²) in [5.74, 6) is 1.04. The zero-order chi connectivity index (χ0) is 21.3. The van der Waals surface area contributed by atoms with Crippen LogP contribution in [0.3, 0.4) is 0 Å². The standard InChI is InChI=1S/C27H37N3O/c31-27(30-20-18-29(19-21-30)22-25-10-5-2-6-11-25)14-13-26-12-7-16-28(23-26)17-15-24-8-3-1-4-9-24/h1-6,8-11,26H,7,12-23H2/t26-/m0/s1. The van der Waals surface area contributed by atoms with Gasteiger partial charge in [-0.15, -0.1) is 0 Å².